The molecule has 0 atom stereocenters. The number of benzene rings is 1. The van der Waals surface area contributed by atoms with Crippen LogP contribution in [0, 0.1) is 11.8 Å². The molecule has 1 aliphatic carbocycles. The number of hydrogen-bond donors (Lipinski definition) is 1. The van der Waals surface area contributed by atoms with E-state index in [1.807, 2.05) is 6.07 Å². The lowest BCUT2D eigenvalue weighted by atomic mass is 9.83. The predicted octanol–water partition coefficient (Wildman–Crippen LogP) is 4.36. The van der Waals surface area contributed by atoms with Crippen molar-refractivity contribution in [1.82, 2.24) is 0 Å². The number of methoxy groups -OCH3 is 1. The number of nitrogens with one attached hydrogen (secondary N) is 1. The molecule has 0 bridgehead atoms. The maximum atomic E-state index is 11.8. The lowest BCUT2D eigenvalue weighted by Crippen LogP contribution is -2.21. The van der Waals surface area contributed by atoms with E-state index in [-0.39, 0.29) is 5.97 Å². The molecule has 0 aliphatic heterocycles. The third kappa shape index (κ3) is 3.89. The second-order valence-corrected chi connectivity index (χ2v) is 6.12. The zero-order valence-corrected chi connectivity index (χ0v) is 12.9. The van der Waals surface area contributed by atoms with Crippen molar-refractivity contribution in [3.63, 3.8) is 0 Å². The molecule has 0 saturated heterocycles. The molecular formula is C16H22ClNO2. The van der Waals surface area contributed by atoms with Gasteiger partial charge in [0.2, 0.25) is 0 Å². The first-order valence-corrected chi connectivity index (χ1v) is 7.59. The number of anilines is 1. The van der Waals surface area contributed by atoms with Gasteiger partial charge < -0.3 is 10.1 Å². The maximum Gasteiger partial charge on any atom is 0.340 e. The van der Waals surface area contributed by atoms with E-state index in [2.05, 4.69) is 12.2 Å². The summed E-state index contributed by atoms with van der Waals surface area (Å²) in [4.78, 5) is 11.8. The molecule has 1 N–H and O–H groups in total. The van der Waals surface area contributed by atoms with E-state index in [1.165, 1.54) is 32.8 Å². The molecule has 4 heteroatoms. The summed E-state index contributed by atoms with van der Waals surface area (Å²) in [6, 6.07) is 5.29. The van der Waals surface area contributed by atoms with Gasteiger partial charge in [-0.25, -0.2) is 4.79 Å². The highest BCUT2D eigenvalue weighted by atomic mass is 35.5. The smallest absolute Gasteiger partial charge is 0.340 e. The summed E-state index contributed by atoms with van der Waals surface area (Å²) in [7, 11) is 1.38. The Morgan fingerprint density at radius 1 is 1.35 bits per heavy atom. The summed E-state index contributed by atoms with van der Waals surface area (Å²) in [6.07, 6.45) is 5.12. The topological polar surface area (TPSA) is 38.3 Å². The Balaban J connectivity index is 2.00. The average Bonchev–Trinajstić information content (AvgIpc) is 2.46. The van der Waals surface area contributed by atoms with Crippen LogP contribution in [-0.2, 0) is 4.74 Å². The fraction of sp³-hybridized carbons (Fsp3) is 0.562. The first-order chi connectivity index (χ1) is 9.60. The van der Waals surface area contributed by atoms with Gasteiger partial charge in [-0.2, -0.15) is 0 Å². The van der Waals surface area contributed by atoms with Crippen LogP contribution in [0.1, 0.15) is 43.0 Å². The Morgan fingerprint density at radius 3 is 2.70 bits per heavy atom. The van der Waals surface area contributed by atoms with Crippen LogP contribution >= 0.6 is 11.6 Å². The van der Waals surface area contributed by atoms with Crippen molar-refractivity contribution in [2.75, 3.05) is 19.0 Å². The molecule has 1 aliphatic rings. The summed E-state index contributed by atoms with van der Waals surface area (Å²) < 4.78 is 4.80. The van der Waals surface area contributed by atoms with Gasteiger partial charge in [-0.1, -0.05) is 31.4 Å². The molecule has 0 spiro atoms. The van der Waals surface area contributed by atoms with Gasteiger partial charge in [-0.3, -0.25) is 0 Å². The molecule has 1 aromatic rings. The third-order valence-corrected chi connectivity index (χ3v) is 4.34. The van der Waals surface area contributed by atoms with Crippen molar-refractivity contribution in [3.8, 4) is 0 Å². The van der Waals surface area contributed by atoms with Crippen LogP contribution in [-0.4, -0.2) is 19.6 Å². The van der Waals surface area contributed by atoms with Gasteiger partial charge in [0, 0.05) is 17.3 Å². The normalized spacial score (nSPS) is 22.4. The quantitative estimate of drug-likeness (QED) is 0.839. The first-order valence-electron chi connectivity index (χ1n) is 7.22. The van der Waals surface area contributed by atoms with Crippen molar-refractivity contribution in [2.24, 2.45) is 11.8 Å². The molecule has 0 radical (unpaired) electrons. The van der Waals surface area contributed by atoms with Crippen molar-refractivity contribution in [1.29, 1.82) is 0 Å². The highest BCUT2D eigenvalue weighted by molar-refractivity contribution is 6.31. The van der Waals surface area contributed by atoms with E-state index in [1.54, 1.807) is 12.1 Å². The van der Waals surface area contributed by atoms with Crippen molar-refractivity contribution < 1.29 is 9.53 Å². The fourth-order valence-corrected chi connectivity index (χ4v) is 2.91. The molecule has 1 saturated carbocycles. The molecule has 0 aromatic heterocycles. The molecule has 0 heterocycles. The number of carbonyl (C=O) groups is 1. The van der Waals surface area contributed by atoms with Crippen molar-refractivity contribution in [2.45, 2.75) is 32.6 Å². The summed E-state index contributed by atoms with van der Waals surface area (Å²) >= 11 is 5.95. The SMILES string of the molecule is COC(=O)c1cc(Cl)ccc1NCC1CCC(C)CC1. The average molecular weight is 296 g/mol. The Hall–Kier alpha value is -1.22. The standard InChI is InChI=1S/C16H22ClNO2/c1-11-3-5-12(6-4-11)10-18-15-8-7-13(17)9-14(15)16(19)20-2/h7-9,11-12,18H,3-6,10H2,1-2H3. The van der Waals surface area contributed by atoms with E-state index in [0.29, 0.717) is 16.5 Å². The Morgan fingerprint density at radius 2 is 2.05 bits per heavy atom. The second kappa shape index (κ2) is 6.98. The molecule has 1 fully saturated rings. The van der Waals surface area contributed by atoms with Gasteiger partial charge in [0.1, 0.15) is 0 Å². The first kappa shape index (κ1) is 15.2. The zero-order valence-electron chi connectivity index (χ0n) is 12.1. The number of carbonyl (C=O) groups excluding carboxylic acids is 1. The van der Waals surface area contributed by atoms with Crippen LogP contribution in [0.3, 0.4) is 0 Å². The summed E-state index contributed by atoms with van der Waals surface area (Å²) in [5, 5.41) is 3.92. The summed E-state index contributed by atoms with van der Waals surface area (Å²) in [6.45, 7) is 3.22. The number of halogens is 1. The van der Waals surface area contributed by atoms with Crippen LogP contribution in [0.15, 0.2) is 18.2 Å². The largest absolute Gasteiger partial charge is 0.465 e. The van der Waals surface area contributed by atoms with E-state index in [9.17, 15) is 4.79 Å². The minimum absolute atomic E-state index is 0.354. The van der Waals surface area contributed by atoms with E-state index in [0.717, 1.165) is 18.2 Å². The minimum Gasteiger partial charge on any atom is -0.465 e. The lowest BCUT2D eigenvalue weighted by molar-refractivity contribution is 0.0602. The van der Waals surface area contributed by atoms with E-state index < -0.39 is 0 Å². The number of esters is 1. The molecule has 110 valence electrons. The Kier molecular flexibility index (Phi) is 5.30. The molecule has 0 amide bonds. The molecule has 3 nitrogen and oxygen atoms in total. The third-order valence-electron chi connectivity index (χ3n) is 4.10. The fourth-order valence-electron chi connectivity index (χ4n) is 2.74. The summed E-state index contributed by atoms with van der Waals surface area (Å²) in [5.41, 5.74) is 1.31. The summed E-state index contributed by atoms with van der Waals surface area (Å²) in [5.74, 6) is 1.19. The zero-order chi connectivity index (χ0) is 14.5. The van der Waals surface area contributed by atoms with Crippen molar-refractivity contribution in [3.05, 3.63) is 28.8 Å². The van der Waals surface area contributed by atoms with Gasteiger partial charge in [0.05, 0.1) is 12.7 Å². The minimum atomic E-state index is -0.354. The van der Waals surface area contributed by atoms with Crippen LogP contribution in [0.25, 0.3) is 0 Å². The number of rotatable bonds is 4. The van der Waals surface area contributed by atoms with Gasteiger partial charge in [-0.05, 0) is 42.9 Å². The van der Waals surface area contributed by atoms with E-state index >= 15 is 0 Å². The van der Waals surface area contributed by atoms with Crippen molar-refractivity contribution >= 4 is 23.3 Å². The highest BCUT2D eigenvalue weighted by Gasteiger charge is 2.19. The van der Waals surface area contributed by atoms with E-state index in [4.69, 9.17) is 16.3 Å². The van der Waals surface area contributed by atoms with Gasteiger partial charge in [-0.15, -0.1) is 0 Å². The van der Waals surface area contributed by atoms with Crippen LogP contribution in [0.5, 0.6) is 0 Å². The molecule has 1 aromatic carbocycles. The highest BCUT2D eigenvalue weighted by Crippen LogP contribution is 2.29. The molecular weight excluding hydrogens is 274 g/mol. The van der Waals surface area contributed by atoms with Crippen LogP contribution in [0.2, 0.25) is 5.02 Å². The van der Waals surface area contributed by atoms with Gasteiger partial charge in [0.15, 0.2) is 0 Å². The number of hydrogen-bond acceptors (Lipinski definition) is 3. The van der Waals surface area contributed by atoms with Gasteiger partial charge in [0.25, 0.3) is 0 Å². The number of ether oxygens (including phenoxy) is 1. The second-order valence-electron chi connectivity index (χ2n) is 5.69. The Labute approximate surface area is 125 Å². The molecule has 0 unspecified atom stereocenters. The maximum absolute atomic E-state index is 11.8. The monoisotopic (exact) mass is 295 g/mol. The van der Waals surface area contributed by atoms with Gasteiger partial charge >= 0.3 is 5.97 Å². The predicted molar refractivity (Wildman–Crippen MR) is 82.4 cm³/mol. The molecule has 20 heavy (non-hydrogen) atoms. The Bertz CT molecular complexity index is 468. The molecule has 2 rings (SSSR count). The van der Waals surface area contributed by atoms with Crippen LogP contribution < -0.4 is 5.32 Å². The van der Waals surface area contributed by atoms with Crippen LogP contribution in [0.4, 0.5) is 5.69 Å². The lowest BCUT2D eigenvalue weighted by Gasteiger charge is -2.26.